The van der Waals surface area contributed by atoms with Crippen LogP contribution in [0.1, 0.15) is 98.8 Å². The second-order valence-corrected chi connectivity index (χ2v) is 12.1. The number of hydrogen-bond acceptors (Lipinski definition) is 6. The molecule has 1 saturated carbocycles. The molecule has 8 heteroatoms. The van der Waals surface area contributed by atoms with Crippen LogP contribution in [0.15, 0.2) is 73.8 Å². The van der Waals surface area contributed by atoms with Gasteiger partial charge < -0.3 is 19.7 Å². The molecule has 248 valence electrons. The van der Waals surface area contributed by atoms with E-state index in [-0.39, 0.29) is 12.8 Å². The van der Waals surface area contributed by atoms with E-state index in [9.17, 15) is 29.4 Å². The molecule has 0 saturated heterocycles. The monoisotopic (exact) mass is 632 g/mol. The fourth-order valence-electron chi connectivity index (χ4n) is 6.47. The summed E-state index contributed by atoms with van der Waals surface area (Å²) < 4.78 is 10.0. The summed E-state index contributed by atoms with van der Waals surface area (Å²) in [6.07, 6.45) is 12.4. The molecule has 2 aromatic carbocycles. The number of unbranched alkanes of at least 4 members (excludes halogenated alkanes) is 6. The lowest BCUT2D eigenvalue weighted by Crippen LogP contribution is -2.46. The molecule has 46 heavy (non-hydrogen) atoms. The molecule has 0 amide bonds. The number of ether oxygens (including phenoxy) is 2. The highest BCUT2D eigenvalue weighted by atomic mass is 16.5. The smallest absolute Gasteiger partial charge is 0.330 e. The number of carbonyl (C=O) groups is 4. The van der Waals surface area contributed by atoms with E-state index >= 15 is 0 Å². The molecule has 1 aliphatic rings. The Labute approximate surface area is 272 Å². The van der Waals surface area contributed by atoms with Crippen LogP contribution in [0.2, 0.25) is 0 Å². The van der Waals surface area contributed by atoms with Crippen molar-refractivity contribution in [2.24, 2.45) is 5.92 Å². The van der Waals surface area contributed by atoms with E-state index in [2.05, 4.69) is 13.2 Å². The molecular weight excluding hydrogens is 584 g/mol. The molecule has 2 N–H and O–H groups in total. The summed E-state index contributed by atoms with van der Waals surface area (Å²) in [6, 6.07) is 15.8. The van der Waals surface area contributed by atoms with Gasteiger partial charge in [-0.25, -0.2) is 9.59 Å². The second-order valence-electron chi connectivity index (χ2n) is 12.1. The highest BCUT2D eigenvalue weighted by Crippen LogP contribution is 2.51. The topological polar surface area (TPSA) is 127 Å². The number of esters is 2. The van der Waals surface area contributed by atoms with E-state index in [4.69, 9.17) is 9.47 Å². The lowest BCUT2D eigenvalue weighted by molar-refractivity contribution is -0.151. The summed E-state index contributed by atoms with van der Waals surface area (Å²) in [5.41, 5.74) is 2.62. The second kappa shape index (κ2) is 18.7. The standard InChI is InChI=1S/C38H48O8/c1-3-34(39)45-25-11-7-5-9-13-28-15-19-30(20-16-28)33-27-31(36(41)42)23-24-38(33,37(43)44)32-21-17-29(18-22-32)14-10-6-8-12-26-46-35(40)4-2/h3-4,15-22,31,33H,1-2,5-14,23-27H2,(H,41,42)(H,43,44). The first kappa shape index (κ1) is 36.3. The third-order valence-corrected chi connectivity index (χ3v) is 9.13. The Balaban J connectivity index is 1.64. The minimum Gasteiger partial charge on any atom is -0.481 e. The average molecular weight is 633 g/mol. The SMILES string of the molecule is C=CC(=O)OCCCCCCc1ccc(C2CC(C(=O)O)CCC2(C(=O)O)c2ccc(CCCCCCOC(=O)C=C)cc2)cc1. The maximum absolute atomic E-state index is 13.1. The van der Waals surface area contributed by atoms with Crippen molar-refractivity contribution in [3.05, 3.63) is 96.1 Å². The van der Waals surface area contributed by atoms with Crippen molar-refractivity contribution in [2.75, 3.05) is 13.2 Å². The molecule has 0 bridgehead atoms. The third kappa shape index (κ3) is 10.4. The first-order valence-corrected chi connectivity index (χ1v) is 16.4. The Kier molecular flexibility index (Phi) is 14.7. The maximum Gasteiger partial charge on any atom is 0.330 e. The predicted molar refractivity (Wildman–Crippen MR) is 177 cm³/mol. The molecule has 0 aliphatic heterocycles. The van der Waals surface area contributed by atoms with Crippen LogP contribution in [0.25, 0.3) is 0 Å². The Morgan fingerprint density at radius 3 is 1.65 bits per heavy atom. The number of rotatable bonds is 20. The van der Waals surface area contributed by atoms with Crippen LogP contribution in [-0.4, -0.2) is 47.3 Å². The van der Waals surface area contributed by atoms with Gasteiger partial charge in [0.25, 0.3) is 0 Å². The van der Waals surface area contributed by atoms with Crippen LogP contribution in [0.3, 0.4) is 0 Å². The van der Waals surface area contributed by atoms with Crippen LogP contribution >= 0.6 is 0 Å². The van der Waals surface area contributed by atoms with Crippen molar-refractivity contribution in [1.82, 2.24) is 0 Å². The molecule has 3 atom stereocenters. The van der Waals surface area contributed by atoms with Crippen molar-refractivity contribution in [2.45, 2.75) is 94.8 Å². The molecule has 0 heterocycles. The Morgan fingerprint density at radius 2 is 1.20 bits per heavy atom. The summed E-state index contributed by atoms with van der Waals surface area (Å²) in [6.45, 7) is 7.56. The van der Waals surface area contributed by atoms with Crippen LogP contribution in [-0.2, 0) is 46.9 Å². The number of carboxylic acid groups (broad SMARTS) is 2. The average Bonchev–Trinajstić information content (AvgIpc) is 3.07. The normalized spacial score (nSPS) is 19.1. The zero-order valence-corrected chi connectivity index (χ0v) is 26.8. The van der Waals surface area contributed by atoms with E-state index in [1.807, 2.05) is 48.5 Å². The molecule has 0 radical (unpaired) electrons. The van der Waals surface area contributed by atoms with E-state index in [1.165, 1.54) is 0 Å². The fourth-order valence-corrected chi connectivity index (χ4v) is 6.47. The third-order valence-electron chi connectivity index (χ3n) is 9.13. The summed E-state index contributed by atoms with van der Waals surface area (Å²) in [7, 11) is 0. The molecule has 2 aromatic rings. The van der Waals surface area contributed by atoms with Crippen LogP contribution < -0.4 is 0 Å². The summed E-state index contributed by atoms with van der Waals surface area (Å²) in [5.74, 6) is -3.68. The van der Waals surface area contributed by atoms with Crippen molar-refractivity contribution in [3.8, 4) is 0 Å². The summed E-state index contributed by atoms with van der Waals surface area (Å²) in [5, 5.41) is 20.6. The van der Waals surface area contributed by atoms with Gasteiger partial charge in [-0.2, -0.15) is 0 Å². The van der Waals surface area contributed by atoms with Gasteiger partial charge in [-0.1, -0.05) is 87.4 Å². The molecule has 3 rings (SSSR count). The zero-order chi connectivity index (χ0) is 33.4. The Bertz CT molecular complexity index is 1310. The Morgan fingerprint density at radius 1 is 0.717 bits per heavy atom. The summed E-state index contributed by atoms with van der Waals surface area (Å²) in [4.78, 5) is 47.4. The first-order valence-electron chi connectivity index (χ1n) is 16.4. The van der Waals surface area contributed by atoms with Crippen LogP contribution in [0.4, 0.5) is 0 Å². The van der Waals surface area contributed by atoms with Crippen molar-refractivity contribution in [3.63, 3.8) is 0 Å². The van der Waals surface area contributed by atoms with Gasteiger partial charge in [0.15, 0.2) is 0 Å². The highest BCUT2D eigenvalue weighted by molar-refractivity contribution is 5.84. The van der Waals surface area contributed by atoms with Crippen LogP contribution in [0, 0.1) is 5.92 Å². The lowest BCUT2D eigenvalue weighted by atomic mass is 9.58. The van der Waals surface area contributed by atoms with E-state index in [0.717, 1.165) is 93.1 Å². The van der Waals surface area contributed by atoms with Crippen molar-refractivity contribution in [1.29, 1.82) is 0 Å². The highest BCUT2D eigenvalue weighted by Gasteiger charge is 2.52. The first-order chi connectivity index (χ1) is 22.2. The maximum atomic E-state index is 13.1. The number of carbonyl (C=O) groups excluding carboxylic acids is 2. The number of aliphatic carboxylic acids is 2. The van der Waals surface area contributed by atoms with Crippen molar-refractivity contribution >= 4 is 23.9 Å². The van der Waals surface area contributed by atoms with Gasteiger partial charge in [0.2, 0.25) is 0 Å². The van der Waals surface area contributed by atoms with Crippen LogP contribution in [0.5, 0.6) is 0 Å². The van der Waals surface area contributed by atoms with Gasteiger partial charge in [-0.3, -0.25) is 9.59 Å². The molecule has 0 aromatic heterocycles. The number of carboxylic acids is 2. The molecule has 1 fully saturated rings. The Hall–Kier alpha value is -4.20. The molecule has 0 spiro atoms. The van der Waals surface area contributed by atoms with Gasteiger partial charge in [0.05, 0.1) is 24.5 Å². The van der Waals surface area contributed by atoms with Gasteiger partial charge in [-0.15, -0.1) is 0 Å². The van der Waals surface area contributed by atoms with Gasteiger partial charge in [-0.05, 0) is 80.0 Å². The molecule has 3 unspecified atom stereocenters. The fraction of sp³-hybridized carbons (Fsp3) is 0.474. The van der Waals surface area contributed by atoms with Crippen molar-refractivity contribution < 1.29 is 38.9 Å². The predicted octanol–water partition coefficient (Wildman–Crippen LogP) is 7.34. The van der Waals surface area contributed by atoms with E-state index < -0.39 is 41.1 Å². The van der Waals surface area contributed by atoms with E-state index in [0.29, 0.717) is 25.2 Å². The van der Waals surface area contributed by atoms with Gasteiger partial charge in [0, 0.05) is 18.1 Å². The zero-order valence-electron chi connectivity index (χ0n) is 26.8. The van der Waals surface area contributed by atoms with Gasteiger partial charge >= 0.3 is 23.9 Å². The molecule has 8 nitrogen and oxygen atoms in total. The van der Waals surface area contributed by atoms with E-state index in [1.54, 1.807) is 0 Å². The van der Waals surface area contributed by atoms with Gasteiger partial charge in [0.1, 0.15) is 0 Å². The number of aryl methyl sites for hydroxylation is 2. The molecule has 1 aliphatic carbocycles. The molecular formula is C38H48O8. The minimum atomic E-state index is -1.22. The summed E-state index contributed by atoms with van der Waals surface area (Å²) >= 11 is 0. The minimum absolute atomic E-state index is 0.254. The largest absolute Gasteiger partial charge is 0.481 e. The lowest BCUT2D eigenvalue weighted by Gasteiger charge is -2.43. The number of hydrogen-bond donors (Lipinski definition) is 2. The number of benzene rings is 2. The quantitative estimate of drug-likeness (QED) is 0.0882.